The Morgan fingerprint density at radius 3 is 2.68 bits per heavy atom. The first kappa shape index (κ1) is 23.3. The van der Waals surface area contributed by atoms with E-state index in [0.29, 0.717) is 13.0 Å². The third kappa shape index (κ3) is 3.92. The Balaban J connectivity index is 1.83. The standard InChI is InChI=1S/C23H26BrFINO3Si/c1-14-21(31(2,3)25)20(9-10-28)30-23(14)18-12-16(24)7-8-19(18)27(22(23)29)13-15-5-4-6-17(26)11-15/h4-8,11-12,14,20-21,28H,9-10,13H2,1-3H3/t14-,20+,21-,23+/m1/s1. The Bertz CT molecular complexity index is 1020. The number of carbonyl (C=O) groups is 1. The number of benzene rings is 2. The smallest absolute Gasteiger partial charge is 0.264 e. The fourth-order valence-corrected chi connectivity index (χ4v) is 8.90. The number of anilines is 1. The Hall–Kier alpha value is -0.813. The van der Waals surface area contributed by atoms with Crippen molar-refractivity contribution in [1.29, 1.82) is 0 Å². The number of amides is 1. The van der Waals surface area contributed by atoms with E-state index in [1.807, 2.05) is 43.3 Å². The molecule has 2 aromatic rings. The lowest BCUT2D eigenvalue weighted by Gasteiger charge is -2.31. The van der Waals surface area contributed by atoms with E-state index in [1.165, 1.54) is 0 Å². The van der Waals surface area contributed by atoms with Gasteiger partial charge >= 0.3 is 0 Å². The summed E-state index contributed by atoms with van der Waals surface area (Å²) in [7, 11) is -3.17. The summed E-state index contributed by atoms with van der Waals surface area (Å²) in [5, 5.41) is 9.62. The van der Waals surface area contributed by atoms with Crippen LogP contribution >= 0.6 is 38.5 Å². The molecule has 0 aromatic heterocycles. The van der Waals surface area contributed by atoms with Crippen molar-refractivity contribution < 1.29 is 18.7 Å². The van der Waals surface area contributed by atoms with Crippen LogP contribution in [-0.4, -0.2) is 32.1 Å². The van der Waals surface area contributed by atoms with Crippen molar-refractivity contribution >= 4 is 58.5 Å². The van der Waals surface area contributed by atoms with Crippen LogP contribution in [0.15, 0.2) is 46.9 Å². The number of hydrogen-bond donors (Lipinski definition) is 1. The third-order valence-corrected chi connectivity index (χ3v) is 10.2. The largest absolute Gasteiger partial charge is 0.396 e. The van der Waals surface area contributed by atoms with Crippen LogP contribution < -0.4 is 4.90 Å². The van der Waals surface area contributed by atoms with Crippen molar-refractivity contribution in [1.82, 2.24) is 0 Å². The van der Waals surface area contributed by atoms with Gasteiger partial charge in [-0.15, -0.1) is 0 Å². The molecule has 0 unspecified atom stereocenters. The molecule has 0 saturated carbocycles. The van der Waals surface area contributed by atoms with Gasteiger partial charge in [0.2, 0.25) is 8.41 Å². The van der Waals surface area contributed by atoms with E-state index in [-0.39, 0.29) is 24.0 Å². The van der Waals surface area contributed by atoms with Gasteiger partial charge in [0, 0.05) is 31.7 Å². The minimum absolute atomic E-state index is 0.0971. The van der Waals surface area contributed by atoms with Crippen LogP contribution in [0.4, 0.5) is 9.80 Å². The van der Waals surface area contributed by atoms with E-state index in [0.717, 1.165) is 24.9 Å². The molecule has 8 heteroatoms. The molecule has 4 nitrogen and oxygen atoms in total. The van der Waals surface area contributed by atoms with E-state index in [2.05, 4.69) is 44.6 Å². The number of halogens is 3. The van der Waals surface area contributed by atoms with Gasteiger partial charge in [-0.1, -0.05) is 35.0 Å². The first-order chi connectivity index (χ1) is 14.6. The zero-order chi connectivity index (χ0) is 22.6. The van der Waals surface area contributed by atoms with Crippen LogP contribution in [0.3, 0.4) is 0 Å². The number of aliphatic hydroxyl groups excluding tert-OH is 1. The fourth-order valence-electron chi connectivity index (χ4n) is 5.39. The van der Waals surface area contributed by atoms with Crippen molar-refractivity contribution in [3.05, 3.63) is 61.6 Å². The van der Waals surface area contributed by atoms with E-state index in [9.17, 15) is 9.90 Å². The molecule has 0 aliphatic carbocycles. The molecule has 2 aliphatic heterocycles. The van der Waals surface area contributed by atoms with Crippen molar-refractivity contribution in [2.45, 2.75) is 50.2 Å². The molecule has 2 aliphatic rings. The molecular formula is C23H26BrFINO3Si. The molecule has 31 heavy (non-hydrogen) atoms. The minimum Gasteiger partial charge on any atom is -0.396 e. The second-order valence-electron chi connectivity index (χ2n) is 8.97. The van der Waals surface area contributed by atoms with Crippen molar-refractivity contribution in [3.8, 4) is 0 Å². The summed E-state index contributed by atoms with van der Waals surface area (Å²) in [5.74, 6) is -0.479. The maximum Gasteiger partial charge on any atom is 0.264 e. The van der Waals surface area contributed by atoms with Gasteiger partial charge in [-0.05, 0) is 78.0 Å². The molecule has 1 saturated heterocycles. The summed E-state index contributed by atoms with van der Waals surface area (Å²) < 4.78 is 23.9. The summed E-state index contributed by atoms with van der Waals surface area (Å²) in [4.78, 5) is 15.8. The van der Waals surface area contributed by atoms with Gasteiger partial charge < -0.3 is 18.9 Å². The zero-order valence-corrected chi connectivity index (χ0v) is 22.5. The second kappa shape index (κ2) is 8.51. The number of carbonyl (C=O) groups excluding carboxylic acids is 1. The lowest BCUT2D eigenvalue weighted by atomic mass is 9.82. The van der Waals surface area contributed by atoms with Crippen molar-refractivity contribution in [2.24, 2.45) is 5.92 Å². The van der Waals surface area contributed by atoms with Gasteiger partial charge in [0.05, 0.1) is 18.3 Å². The summed E-state index contributed by atoms with van der Waals surface area (Å²) in [6, 6.07) is 13.9. The van der Waals surface area contributed by atoms with E-state index < -0.39 is 20.1 Å². The molecule has 0 bridgehead atoms. The highest BCUT2D eigenvalue weighted by atomic mass is 127. The quantitative estimate of drug-likeness (QED) is 0.264. The van der Waals surface area contributed by atoms with Gasteiger partial charge in [-0.25, -0.2) is 0 Å². The molecular weight excluding hydrogens is 592 g/mol. The highest BCUT2D eigenvalue weighted by Crippen LogP contribution is 2.60. The first-order valence-corrected chi connectivity index (χ1v) is 15.3. The Labute approximate surface area is 205 Å². The molecule has 4 atom stereocenters. The van der Waals surface area contributed by atoms with Crippen LogP contribution in [0.5, 0.6) is 0 Å². The van der Waals surface area contributed by atoms with Crippen LogP contribution in [0, 0.1) is 9.49 Å². The number of fused-ring (bicyclic) bond motifs is 2. The first-order valence-electron chi connectivity index (χ1n) is 10.4. The van der Waals surface area contributed by atoms with E-state index in [4.69, 9.17) is 4.74 Å². The Morgan fingerprint density at radius 1 is 1.29 bits per heavy atom. The summed E-state index contributed by atoms with van der Waals surface area (Å²) in [6.07, 6.45) is -0.162. The average molecular weight is 618 g/mol. The van der Waals surface area contributed by atoms with Gasteiger partial charge in [0.15, 0.2) is 5.60 Å². The zero-order valence-electron chi connectivity index (χ0n) is 17.7. The molecule has 1 spiro atoms. The molecule has 1 N–H and O–H groups in total. The maximum atomic E-state index is 15.5. The molecule has 4 rings (SSSR count). The van der Waals surface area contributed by atoms with Crippen molar-refractivity contribution in [3.63, 3.8) is 0 Å². The average Bonchev–Trinajstić information content (AvgIpc) is 3.10. The number of nitrogens with zero attached hydrogens (tertiary/aromatic N) is 1. The number of ether oxygens (including phenoxy) is 1. The molecule has 1 amide bonds. The summed E-state index contributed by atoms with van der Waals surface area (Å²) in [6.45, 7) is 5.61. The van der Waals surface area contributed by atoms with E-state index in [1.54, 1.807) is 18.0 Å². The van der Waals surface area contributed by atoms with Crippen LogP contribution in [0.25, 0.3) is 0 Å². The molecule has 2 aromatic carbocycles. The van der Waals surface area contributed by atoms with Crippen LogP contribution in [-0.2, 0) is 21.7 Å². The predicted octanol–water partition coefficient (Wildman–Crippen LogP) is 5.76. The topological polar surface area (TPSA) is 49.8 Å². The highest BCUT2D eigenvalue weighted by Gasteiger charge is 2.66. The fraction of sp³-hybridized carbons (Fsp3) is 0.435. The maximum absolute atomic E-state index is 15.5. The molecule has 2 heterocycles. The number of aliphatic hydroxyl groups is 1. The highest BCUT2D eigenvalue weighted by molar-refractivity contribution is 14.1. The molecule has 1 fully saturated rings. The monoisotopic (exact) mass is 617 g/mol. The number of hydrogen-bond acceptors (Lipinski definition) is 3. The van der Waals surface area contributed by atoms with Crippen LogP contribution in [0.2, 0.25) is 18.6 Å². The second-order valence-corrected chi connectivity index (χ2v) is 14.9. The predicted molar refractivity (Wildman–Crippen MR) is 134 cm³/mol. The van der Waals surface area contributed by atoms with Gasteiger partial charge in [0.25, 0.3) is 5.91 Å². The van der Waals surface area contributed by atoms with Crippen LogP contribution in [0.1, 0.15) is 24.5 Å². The van der Waals surface area contributed by atoms with Gasteiger partial charge in [0.1, 0.15) is 0 Å². The minimum atomic E-state index is -3.17. The third-order valence-electron chi connectivity index (χ3n) is 6.57. The summed E-state index contributed by atoms with van der Waals surface area (Å²) in [5.41, 5.74) is 1.00. The van der Waals surface area contributed by atoms with Gasteiger partial charge in [-0.3, -0.25) is 4.79 Å². The Morgan fingerprint density at radius 2 is 2.03 bits per heavy atom. The SMILES string of the molecule is C[C@@H]1[C@@H]([Si](C)(C)F)[C@H](CCO)O[C@@]12C(=O)N(Cc1cccc(I)c1)c1ccc(Br)cc12. The van der Waals surface area contributed by atoms with Gasteiger partial charge in [-0.2, -0.15) is 0 Å². The molecule has 0 radical (unpaired) electrons. The lowest BCUT2D eigenvalue weighted by molar-refractivity contribution is -0.146. The van der Waals surface area contributed by atoms with E-state index >= 15 is 4.11 Å². The lowest BCUT2D eigenvalue weighted by Crippen LogP contribution is -2.45. The normalized spacial score (nSPS) is 27.9. The van der Waals surface area contributed by atoms with Crippen molar-refractivity contribution in [2.75, 3.05) is 11.5 Å². The summed E-state index contributed by atoms with van der Waals surface area (Å²) >= 11 is 5.80. The number of rotatable bonds is 5. The molecule has 166 valence electrons. The Kier molecular flexibility index (Phi) is 6.41.